The zero-order valence-corrected chi connectivity index (χ0v) is 11.6. The molecule has 20 heavy (non-hydrogen) atoms. The first-order valence-corrected chi connectivity index (χ1v) is 6.81. The van der Waals surface area contributed by atoms with Crippen molar-refractivity contribution in [1.82, 2.24) is 0 Å². The predicted molar refractivity (Wildman–Crippen MR) is 74.7 cm³/mol. The maximum Gasteiger partial charge on any atom is 0.307 e. The molecule has 2 N–H and O–H groups in total. The molecule has 0 spiro atoms. The van der Waals surface area contributed by atoms with E-state index in [0.717, 1.165) is 6.42 Å². The van der Waals surface area contributed by atoms with Crippen LogP contribution in [0.25, 0.3) is 0 Å². The molecular weight excluding hydrogens is 258 g/mol. The van der Waals surface area contributed by atoms with E-state index in [1.807, 2.05) is 19.9 Å². The van der Waals surface area contributed by atoms with Crippen molar-refractivity contribution in [2.45, 2.75) is 32.8 Å². The average Bonchev–Trinajstić information content (AvgIpc) is 3.19. The van der Waals surface area contributed by atoms with Crippen LogP contribution >= 0.6 is 0 Å². The van der Waals surface area contributed by atoms with Crippen molar-refractivity contribution in [2.24, 2.45) is 11.8 Å². The summed E-state index contributed by atoms with van der Waals surface area (Å²) in [5.41, 5.74) is 0.631. The second-order valence-electron chi connectivity index (χ2n) is 5.14. The highest BCUT2D eigenvalue weighted by Crippen LogP contribution is 2.39. The molecule has 0 bridgehead atoms. The standard InChI is InChI=1S/C15H19NO4/c1-3-9(2)20-11-6-4-5-10(7-11)16-14(17)12-8-13(12)15(18)19/h4-7,9,12-13H,3,8H2,1-2H3,(H,16,17)(H,18,19). The number of carbonyl (C=O) groups excluding carboxylic acids is 1. The van der Waals surface area contributed by atoms with Crippen molar-refractivity contribution in [3.8, 4) is 5.75 Å². The minimum atomic E-state index is -0.904. The fourth-order valence-electron chi connectivity index (χ4n) is 1.96. The number of amides is 1. The van der Waals surface area contributed by atoms with E-state index in [1.165, 1.54) is 0 Å². The van der Waals surface area contributed by atoms with Crippen LogP contribution in [-0.4, -0.2) is 23.1 Å². The van der Waals surface area contributed by atoms with Gasteiger partial charge in [-0.15, -0.1) is 0 Å². The predicted octanol–water partition coefficient (Wildman–Crippen LogP) is 2.52. The number of nitrogens with one attached hydrogen (secondary N) is 1. The van der Waals surface area contributed by atoms with Crippen LogP contribution < -0.4 is 10.1 Å². The molecule has 0 heterocycles. The zero-order valence-electron chi connectivity index (χ0n) is 11.6. The number of benzene rings is 1. The topological polar surface area (TPSA) is 75.6 Å². The minimum absolute atomic E-state index is 0.112. The molecule has 1 aliphatic rings. The highest BCUT2D eigenvalue weighted by atomic mass is 16.5. The first-order valence-electron chi connectivity index (χ1n) is 6.81. The van der Waals surface area contributed by atoms with Crippen LogP contribution in [0.1, 0.15) is 26.7 Å². The molecule has 2 rings (SSSR count). The van der Waals surface area contributed by atoms with Crippen molar-refractivity contribution >= 4 is 17.6 Å². The van der Waals surface area contributed by atoms with Crippen molar-refractivity contribution < 1.29 is 19.4 Å². The lowest BCUT2D eigenvalue weighted by molar-refractivity contribution is -0.139. The van der Waals surface area contributed by atoms with Crippen LogP contribution in [0, 0.1) is 11.8 Å². The van der Waals surface area contributed by atoms with Crippen LogP contribution in [0.4, 0.5) is 5.69 Å². The lowest BCUT2D eigenvalue weighted by Crippen LogP contribution is -2.17. The molecule has 1 saturated carbocycles. The van der Waals surface area contributed by atoms with Gasteiger partial charge in [0.1, 0.15) is 5.75 Å². The Kier molecular flexibility index (Phi) is 4.27. The number of hydrogen-bond acceptors (Lipinski definition) is 3. The van der Waals surface area contributed by atoms with Gasteiger partial charge in [-0.2, -0.15) is 0 Å². The highest BCUT2D eigenvalue weighted by Gasteiger charge is 2.48. The maximum atomic E-state index is 11.9. The molecule has 5 nitrogen and oxygen atoms in total. The van der Waals surface area contributed by atoms with Gasteiger partial charge in [-0.25, -0.2) is 0 Å². The van der Waals surface area contributed by atoms with Crippen LogP contribution in [0.15, 0.2) is 24.3 Å². The monoisotopic (exact) mass is 277 g/mol. The molecule has 0 aromatic heterocycles. The Labute approximate surface area is 117 Å². The summed E-state index contributed by atoms with van der Waals surface area (Å²) >= 11 is 0. The summed E-state index contributed by atoms with van der Waals surface area (Å²) in [6.45, 7) is 4.02. The Balaban J connectivity index is 1.95. The maximum absolute atomic E-state index is 11.9. The molecule has 1 aromatic rings. The molecule has 1 fully saturated rings. The third-order valence-electron chi connectivity index (χ3n) is 3.46. The molecule has 1 aromatic carbocycles. The fraction of sp³-hybridized carbons (Fsp3) is 0.467. The van der Waals surface area contributed by atoms with Crippen molar-refractivity contribution in [3.05, 3.63) is 24.3 Å². The molecule has 0 aliphatic heterocycles. The van der Waals surface area contributed by atoms with Gasteiger partial charge < -0.3 is 15.2 Å². The van der Waals surface area contributed by atoms with E-state index in [1.54, 1.807) is 18.2 Å². The molecule has 1 amide bonds. The van der Waals surface area contributed by atoms with Gasteiger partial charge in [0.2, 0.25) is 5.91 Å². The van der Waals surface area contributed by atoms with Gasteiger partial charge in [0, 0.05) is 11.8 Å². The summed E-state index contributed by atoms with van der Waals surface area (Å²) in [7, 11) is 0. The lowest BCUT2D eigenvalue weighted by Gasteiger charge is -2.13. The average molecular weight is 277 g/mol. The van der Waals surface area contributed by atoms with Gasteiger partial charge in [0.05, 0.1) is 17.9 Å². The quantitative estimate of drug-likeness (QED) is 0.837. The molecule has 3 unspecified atom stereocenters. The number of ether oxygens (including phenoxy) is 1. The number of hydrogen-bond donors (Lipinski definition) is 2. The third kappa shape index (κ3) is 3.50. The van der Waals surface area contributed by atoms with Crippen LogP contribution in [0.3, 0.4) is 0 Å². The first kappa shape index (κ1) is 14.4. The molecule has 1 aliphatic carbocycles. The first-order chi connectivity index (χ1) is 9.51. The minimum Gasteiger partial charge on any atom is -0.491 e. The Morgan fingerprint density at radius 1 is 1.45 bits per heavy atom. The molecule has 0 radical (unpaired) electrons. The molecule has 108 valence electrons. The van der Waals surface area contributed by atoms with Gasteiger partial charge in [0.15, 0.2) is 0 Å². The molecular formula is C15H19NO4. The van der Waals surface area contributed by atoms with E-state index >= 15 is 0 Å². The summed E-state index contributed by atoms with van der Waals surface area (Å²) in [4.78, 5) is 22.6. The van der Waals surface area contributed by atoms with Crippen LogP contribution in [0.5, 0.6) is 5.75 Å². The third-order valence-corrected chi connectivity index (χ3v) is 3.46. The van der Waals surface area contributed by atoms with E-state index in [0.29, 0.717) is 17.9 Å². The highest BCUT2D eigenvalue weighted by molar-refractivity contribution is 5.98. The Morgan fingerprint density at radius 2 is 2.20 bits per heavy atom. The second-order valence-corrected chi connectivity index (χ2v) is 5.14. The number of rotatable bonds is 6. The van der Waals surface area contributed by atoms with E-state index < -0.39 is 17.8 Å². The van der Waals surface area contributed by atoms with Gasteiger partial charge in [-0.05, 0) is 31.9 Å². The summed E-state index contributed by atoms with van der Waals surface area (Å²) in [5, 5.41) is 11.5. The van der Waals surface area contributed by atoms with Crippen molar-refractivity contribution in [1.29, 1.82) is 0 Å². The van der Waals surface area contributed by atoms with Crippen LogP contribution in [0.2, 0.25) is 0 Å². The summed E-state index contributed by atoms with van der Waals surface area (Å²) in [6, 6.07) is 7.15. The Morgan fingerprint density at radius 3 is 2.80 bits per heavy atom. The van der Waals surface area contributed by atoms with Crippen molar-refractivity contribution in [2.75, 3.05) is 5.32 Å². The van der Waals surface area contributed by atoms with Gasteiger partial charge in [0.25, 0.3) is 0 Å². The smallest absolute Gasteiger partial charge is 0.307 e. The zero-order chi connectivity index (χ0) is 14.7. The Bertz CT molecular complexity index is 514. The van der Waals surface area contributed by atoms with E-state index in [9.17, 15) is 9.59 Å². The number of carboxylic acid groups (broad SMARTS) is 1. The number of carbonyl (C=O) groups is 2. The number of aliphatic carboxylic acids is 1. The fourth-order valence-corrected chi connectivity index (χ4v) is 1.96. The molecule has 3 atom stereocenters. The van der Waals surface area contributed by atoms with E-state index in [4.69, 9.17) is 9.84 Å². The lowest BCUT2D eigenvalue weighted by atomic mass is 10.2. The SMILES string of the molecule is CCC(C)Oc1cccc(NC(=O)C2CC2C(=O)O)c1. The molecule has 5 heteroatoms. The normalized spacial score (nSPS) is 21.9. The van der Waals surface area contributed by atoms with E-state index in [-0.39, 0.29) is 12.0 Å². The number of anilines is 1. The Hall–Kier alpha value is -2.04. The summed E-state index contributed by atoms with van der Waals surface area (Å²) in [6.07, 6.45) is 1.43. The van der Waals surface area contributed by atoms with E-state index in [2.05, 4.69) is 5.32 Å². The summed E-state index contributed by atoms with van der Waals surface area (Å²) < 4.78 is 5.68. The second kappa shape index (κ2) is 5.94. The van der Waals surface area contributed by atoms with Gasteiger partial charge in [-0.1, -0.05) is 13.0 Å². The van der Waals surface area contributed by atoms with Crippen molar-refractivity contribution in [3.63, 3.8) is 0 Å². The van der Waals surface area contributed by atoms with Gasteiger partial charge in [-0.3, -0.25) is 9.59 Å². The molecule has 0 saturated heterocycles. The largest absolute Gasteiger partial charge is 0.491 e. The number of carboxylic acids is 1. The van der Waals surface area contributed by atoms with Crippen LogP contribution in [-0.2, 0) is 9.59 Å². The van der Waals surface area contributed by atoms with Gasteiger partial charge >= 0.3 is 5.97 Å². The summed E-state index contributed by atoms with van der Waals surface area (Å²) in [5.74, 6) is -1.39.